The van der Waals surface area contributed by atoms with E-state index in [9.17, 15) is 9.90 Å². The molecule has 5 rings (SSSR count). The summed E-state index contributed by atoms with van der Waals surface area (Å²) in [6.45, 7) is 5.90. The Kier molecular flexibility index (Phi) is 5.72. The quantitative estimate of drug-likeness (QED) is 0.375. The van der Waals surface area contributed by atoms with Crippen molar-refractivity contribution in [1.82, 2.24) is 29.6 Å². The minimum Gasteiger partial charge on any atom is -0.396 e. The van der Waals surface area contributed by atoms with Gasteiger partial charge in [-0.05, 0) is 48.4 Å². The lowest BCUT2D eigenvalue weighted by molar-refractivity contribution is 0.298. The van der Waals surface area contributed by atoms with Crippen LogP contribution < -0.4 is 16.2 Å². The normalized spacial score (nSPS) is 13.1. The van der Waals surface area contributed by atoms with Crippen LogP contribution in [0.4, 0.5) is 11.6 Å². The molecule has 0 unspecified atom stereocenters. The molecule has 0 atom stereocenters. The minimum atomic E-state index is -0.217. The van der Waals surface area contributed by atoms with Gasteiger partial charge in [0, 0.05) is 37.2 Å². The number of aliphatic hydroxyl groups is 1. The van der Waals surface area contributed by atoms with Gasteiger partial charge in [-0.15, -0.1) is 6.58 Å². The molecular formula is C24H25N7O2. The average molecular weight is 444 g/mol. The van der Waals surface area contributed by atoms with Crippen molar-refractivity contribution in [3.8, 4) is 5.82 Å². The number of pyridine rings is 1. The number of aliphatic hydroxyl groups excluding tert-OH is 1. The van der Waals surface area contributed by atoms with E-state index >= 15 is 0 Å². The van der Waals surface area contributed by atoms with E-state index in [-0.39, 0.29) is 12.2 Å². The molecule has 0 spiro atoms. The third kappa shape index (κ3) is 4.04. The van der Waals surface area contributed by atoms with Gasteiger partial charge in [0.15, 0.2) is 11.5 Å². The number of rotatable bonds is 7. The zero-order valence-corrected chi connectivity index (χ0v) is 18.2. The molecule has 3 N–H and O–H groups in total. The molecule has 33 heavy (non-hydrogen) atoms. The summed E-state index contributed by atoms with van der Waals surface area (Å²) in [6.07, 6.45) is 4.64. The van der Waals surface area contributed by atoms with Crippen LogP contribution in [0.2, 0.25) is 0 Å². The summed E-state index contributed by atoms with van der Waals surface area (Å²) in [5, 5.41) is 16.3. The highest BCUT2D eigenvalue weighted by Crippen LogP contribution is 2.22. The van der Waals surface area contributed by atoms with Crippen molar-refractivity contribution in [3.63, 3.8) is 0 Å². The van der Waals surface area contributed by atoms with Crippen LogP contribution in [0.25, 0.3) is 16.9 Å². The van der Waals surface area contributed by atoms with E-state index in [0.29, 0.717) is 35.8 Å². The molecule has 0 aliphatic carbocycles. The van der Waals surface area contributed by atoms with E-state index in [1.54, 1.807) is 17.0 Å². The first-order valence-corrected chi connectivity index (χ1v) is 10.9. The molecule has 4 heterocycles. The average Bonchev–Trinajstić information content (AvgIpc) is 3.10. The fourth-order valence-electron chi connectivity index (χ4n) is 4.13. The minimum absolute atomic E-state index is 0.00508. The monoisotopic (exact) mass is 443 g/mol. The maximum atomic E-state index is 13.1. The van der Waals surface area contributed by atoms with Gasteiger partial charge in [0.25, 0.3) is 5.56 Å². The molecule has 1 aromatic carbocycles. The lowest BCUT2D eigenvalue weighted by Gasteiger charge is -2.18. The molecule has 9 nitrogen and oxygen atoms in total. The number of nitrogens with zero attached hydrogens (tertiary/aromatic N) is 5. The summed E-state index contributed by atoms with van der Waals surface area (Å²) in [5.41, 5.74) is 4.45. The fourth-order valence-corrected chi connectivity index (χ4v) is 4.13. The Morgan fingerprint density at radius 2 is 2.12 bits per heavy atom. The number of hydrogen-bond acceptors (Lipinski definition) is 7. The second kappa shape index (κ2) is 8.97. The number of nitrogens with one attached hydrogen (secondary N) is 2. The molecule has 0 saturated carbocycles. The van der Waals surface area contributed by atoms with Crippen molar-refractivity contribution in [2.75, 3.05) is 18.5 Å². The molecule has 1 aliphatic heterocycles. The predicted octanol–water partition coefficient (Wildman–Crippen LogP) is 2.09. The zero-order valence-electron chi connectivity index (χ0n) is 18.2. The topological polar surface area (TPSA) is 110 Å². The predicted molar refractivity (Wildman–Crippen MR) is 127 cm³/mol. The first kappa shape index (κ1) is 21.0. The summed E-state index contributed by atoms with van der Waals surface area (Å²) in [4.78, 5) is 26.8. The van der Waals surface area contributed by atoms with Gasteiger partial charge in [0.05, 0.1) is 6.54 Å². The molecule has 4 aromatic rings. The number of allylic oxidation sites excluding steroid dienone is 1. The Bertz CT molecular complexity index is 1390. The Morgan fingerprint density at radius 3 is 2.97 bits per heavy atom. The van der Waals surface area contributed by atoms with Crippen molar-refractivity contribution in [1.29, 1.82) is 0 Å². The third-order valence-electron chi connectivity index (χ3n) is 5.70. The van der Waals surface area contributed by atoms with E-state index in [1.807, 2.05) is 24.3 Å². The van der Waals surface area contributed by atoms with Gasteiger partial charge in [-0.1, -0.05) is 18.2 Å². The van der Waals surface area contributed by atoms with Crippen LogP contribution in [0.5, 0.6) is 0 Å². The molecule has 0 radical (unpaired) electrons. The van der Waals surface area contributed by atoms with Crippen molar-refractivity contribution >= 4 is 22.7 Å². The molecule has 0 fully saturated rings. The second-order valence-corrected chi connectivity index (χ2v) is 7.91. The van der Waals surface area contributed by atoms with Crippen LogP contribution in [-0.4, -0.2) is 42.6 Å². The van der Waals surface area contributed by atoms with Crippen molar-refractivity contribution < 1.29 is 5.11 Å². The van der Waals surface area contributed by atoms with E-state index in [0.717, 1.165) is 30.9 Å². The van der Waals surface area contributed by atoms with Gasteiger partial charge in [-0.3, -0.25) is 4.79 Å². The van der Waals surface area contributed by atoms with Gasteiger partial charge in [0.2, 0.25) is 5.95 Å². The third-order valence-corrected chi connectivity index (χ3v) is 5.70. The SMILES string of the molecule is C=CCn1c(=O)c2cnc(Nc3ccc4c(c3)CNCC4)nc2n1-c1cccc(CCO)n1. The highest BCUT2D eigenvalue weighted by Gasteiger charge is 2.18. The largest absolute Gasteiger partial charge is 0.396 e. The molecule has 168 valence electrons. The van der Waals surface area contributed by atoms with E-state index < -0.39 is 0 Å². The van der Waals surface area contributed by atoms with Crippen LogP contribution in [0.3, 0.4) is 0 Å². The summed E-state index contributed by atoms with van der Waals surface area (Å²) >= 11 is 0. The molecule has 3 aromatic heterocycles. The summed E-state index contributed by atoms with van der Waals surface area (Å²) < 4.78 is 3.22. The smallest absolute Gasteiger partial charge is 0.278 e. The maximum absolute atomic E-state index is 13.1. The second-order valence-electron chi connectivity index (χ2n) is 7.91. The van der Waals surface area contributed by atoms with Crippen LogP contribution in [0.15, 0.2) is 60.0 Å². The van der Waals surface area contributed by atoms with Gasteiger partial charge < -0.3 is 15.7 Å². The maximum Gasteiger partial charge on any atom is 0.278 e. The first-order valence-electron chi connectivity index (χ1n) is 10.9. The number of benzene rings is 1. The fraction of sp³-hybridized carbons (Fsp3) is 0.250. The number of aromatic nitrogens is 5. The lowest BCUT2D eigenvalue weighted by Crippen LogP contribution is -2.23. The van der Waals surface area contributed by atoms with Crippen molar-refractivity contribution in [2.24, 2.45) is 0 Å². The van der Waals surface area contributed by atoms with E-state index in [2.05, 4.69) is 44.3 Å². The van der Waals surface area contributed by atoms with Gasteiger partial charge in [-0.2, -0.15) is 4.98 Å². The van der Waals surface area contributed by atoms with E-state index in [1.165, 1.54) is 15.8 Å². The van der Waals surface area contributed by atoms with Crippen LogP contribution in [-0.2, 0) is 25.9 Å². The van der Waals surface area contributed by atoms with Gasteiger partial charge in [-0.25, -0.2) is 19.3 Å². The van der Waals surface area contributed by atoms with Gasteiger partial charge >= 0.3 is 0 Å². The van der Waals surface area contributed by atoms with Crippen LogP contribution >= 0.6 is 0 Å². The first-order chi connectivity index (χ1) is 16.2. The molecule has 1 aliphatic rings. The molecular weight excluding hydrogens is 418 g/mol. The standard InChI is InChI=1S/C24H25N7O2/c1-2-11-30-23(33)20-15-26-24(28-19-7-6-16-8-10-25-14-17(16)13-19)29-22(20)31(30)21-5-3-4-18(27-21)9-12-32/h2-7,13,15,25,32H,1,8-12,14H2,(H,26,28,29). The summed E-state index contributed by atoms with van der Waals surface area (Å²) in [7, 11) is 0. The number of anilines is 2. The highest BCUT2D eigenvalue weighted by atomic mass is 16.3. The number of fused-ring (bicyclic) bond motifs is 2. The van der Waals surface area contributed by atoms with Crippen LogP contribution in [0, 0.1) is 0 Å². The highest BCUT2D eigenvalue weighted by molar-refractivity contribution is 5.77. The van der Waals surface area contributed by atoms with Crippen LogP contribution in [0.1, 0.15) is 16.8 Å². The molecule has 0 amide bonds. The van der Waals surface area contributed by atoms with Gasteiger partial charge in [0.1, 0.15) is 5.39 Å². The Hall–Kier alpha value is -3.82. The van der Waals surface area contributed by atoms with E-state index in [4.69, 9.17) is 0 Å². The Labute approximate surface area is 190 Å². The van der Waals surface area contributed by atoms with Crippen molar-refractivity contribution in [2.45, 2.75) is 25.9 Å². The lowest BCUT2D eigenvalue weighted by atomic mass is 10.0. The molecule has 0 saturated heterocycles. The molecule has 9 heteroatoms. The summed E-state index contributed by atoms with van der Waals surface area (Å²) in [5.74, 6) is 0.932. The zero-order chi connectivity index (χ0) is 22.8. The van der Waals surface area contributed by atoms with Crippen molar-refractivity contribution in [3.05, 3.63) is 82.4 Å². The molecule has 0 bridgehead atoms. The summed E-state index contributed by atoms with van der Waals surface area (Å²) in [6, 6.07) is 11.8. The Balaban J connectivity index is 1.59. The number of hydrogen-bond donors (Lipinski definition) is 3. The Morgan fingerprint density at radius 1 is 1.21 bits per heavy atom.